The number of aromatic nitrogens is 3. The molecule has 3 heterocycles. The lowest BCUT2D eigenvalue weighted by molar-refractivity contribution is 0.0796. The van der Waals surface area contributed by atoms with Crippen LogP contribution in [0.1, 0.15) is 9.68 Å². The number of urea groups is 1. The number of carbonyl (C=O) groups excluding carboxylic acids is 1. The van der Waals surface area contributed by atoms with Gasteiger partial charge in [0.2, 0.25) is 5.88 Å². The molecule has 5 rings (SSSR count). The number of methoxy groups -OCH3 is 2. The molecule has 4 aromatic rings. The highest BCUT2D eigenvalue weighted by Gasteiger charge is 2.34. The van der Waals surface area contributed by atoms with Gasteiger partial charge in [0.15, 0.2) is 6.61 Å². The molecule has 0 saturated carbocycles. The molecule has 0 atom stereocenters. The minimum atomic E-state index is -2.69. The maximum absolute atomic E-state index is 13.9. The number of benzene rings is 2. The second-order valence-corrected chi connectivity index (χ2v) is 7.96. The lowest BCUT2D eigenvalue weighted by atomic mass is 10.1. The van der Waals surface area contributed by atoms with Gasteiger partial charge in [0.1, 0.15) is 11.6 Å². The Morgan fingerprint density at radius 2 is 1.83 bits per heavy atom. The number of amides is 2. The fourth-order valence-corrected chi connectivity index (χ4v) is 4.06. The lowest BCUT2D eigenvalue weighted by Gasteiger charge is -2.36. The van der Waals surface area contributed by atoms with Gasteiger partial charge in [0.25, 0.3) is 12.4 Å². The second-order valence-electron chi connectivity index (χ2n) is 7.96. The third-order valence-electron chi connectivity index (χ3n) is 5.78. The topological polar surface area (TPSA) is 82.0 Å². The van der Waals surface area contributed by atoms with E-state index in [-0.39, 0.29) is 24.0 Å². The molecule has 0 N–H and O–H groups in total. The molecule has 0 spiro atoms. The summed E-state index contributed by atoms with van der Waals surface area (Å²) in [6.07, 6.45) is -2.69. The van der Waals surface area contributed by atoms with E-state index in [9.17, 15) is 13.6 Å². The molecule has 0 bridgehead atoms. The molecule has 1 aliphatic heterocycles. The Balaban J connectivity index is 1.57. The molecular weight excluding hydrogens is 472 g/mol. The van der Waals surface area contributed by atoms with Gasteiger partial charge in [-0.2, -0.15) is 9.97 Å². The van der Waals surface area contributed by atoms with Crippen molar-refractivity contribution in [3.05, 3.63) is 60.2 Å². The number of pyridine rings is 1. The summed E-state index contributed by atoms with van der Waals surface area (Å²) >= 11 is 0. The highest BCUT2D eigenvalue weighted by Crippen LogP contribution is 2.38. The van der Waals surface area contributed by atoms with Crippen LogP contribution in [0, 0.1) is 0 Å². The Morgan fingerprint density at radius 3 is 2.56 bits per heavy atom. The maximum Gasteiger partial charge on any atom is 0.335 e. The molecule has 36 heavy (non-hydrogen) atoms. The number of nitrogens with zero attached hydrogens (tertiary/aromatic N) is 5. The Labute approximate surface area is 209 Å². The van der Waals surface area contributed by atoms with E-state index in [1.807, 2.05) is 6.07 Å². The summed E-state index contributed by atoms with van der Waals surface area (Å²) in [6.45, 7) is -0.700. The molecule has 11 heteroatoms. The smallest absolute Gasteiger partial charge is 0.335 e. The SMILES string of the molecule is [2H]C([2H])([2H])Oc1ccc(N2C(=O)N(c3ccc4nc(OC)n(C)c4c3)Cc3ccc(OCC(F)F)nc32)cc1. The molecule has 9 nitrogen and oxygen atoms in total. The van der Waals surface area contributed by atoms with E-state index in [0.717, 1.165) is 5.52 Å². The number of carbonyl (C=O) groups is 1. The lowest BCUT2D eigenvalue weighted by Crippen LogP contribution is -2.45. The molecule has 0 saturated heterocycles. The van der Waals surface area contributed by atoms with Gasteiger partial charge in [-0.05, 0) is 48.5 Å². The zero-order chi connectivity index (χ0) is 27.9. The fourth-order valence-electron chi connectivity index (χ4n) is 4.06. The molecule has 0 fully saturated rings. The molecule has 2 aromatic heterocycles. The number of hydrogen-bond acceptors (Lipinski definition) is 6. The van der Waals surface area contributed by atoms with Gasteiger partial charge < -0.3 is 14.2 Å². The van der Waals surface area contributed by atoms with Gasteiger partial charge in [-0.25, -0.2) is 18.5 Å². The number of fused-ring (bicyclic) bond motifs is 2. The summed E-state index contributed by atoms with van der Waals surface area (Å²) in [5.41, 5.74) is 2.99. The van der Waals surface area contributed by atoms with Crippen LogP contribution in [0.25, 0.3) is 11.0 Å². The average molecular weight is 499 g/mol. The van der Waals surface area contributed by atoms with Crippen molar-refractivity contribution in [1.82, 2.24) is 14.5 Å². The predicted molar refractivity (Wildman–Crippen MR) is 130 cm³/mol. The number of imidazole rings is 1. The van der Waals surface area contributed by atoms with E-state index in [4.69, 9.17) is 18.3 Å². The van der Waals surface area contributed by atoms with Gasteiger partial charge in [-0.1, -0.05) is 0 Å². The van der Waals surface area contributed by atoms with E-state index >= 15 is 0 Å². The fraction of sp³-hybridized carbons (Fsp3) is 0.240. The Morgan fingerprint density at radius 1 is 1.06 bits per heavy atom. The van der Waals surface area contributed by atoms with Gasteiger partial charge in [-0.3, -0.25) is 9.47 Å². The number of halogens is 2. The quantitative estimate of drug-likeness (QED) is 0.360. The van der Waals surface area contributed by atoms with Crippen LogP contribution in [0.4, 0.5) is 30.8 Å². The van der Waals surface area contributed by atoms with E-state index < -0.39 is 26.1 Å². The summed E-state index contributed by atoms with van der Waals surface area (Å²) in [7, 11) is 0.675. The van der Waals surface area contributed by atoms with Crippen molar-refractivity contribution >= 4 is 34.3 Å². The molecule has 0 unspecified atom stereocenters. The summed E-state index contributed by atoms with van der Waals surface area (Å²) in [5, 5.41) is 0. The number of anilines is 3. The number of rotatable bonds is 7. The van der Waals surface area contributed by atoms with Crippen LogP contribution >= 0.6 is 0 Å². The summed E-state index contributed by atoms with van der Waals surface area (Å²) in [4.78, 5) is 25.5. The second kappa shape index (κ2) is 9.33. The highest BCUT2D eigenvalue weighted by molar-refractivity contribution is 6.10. The number of hydrogen-bond donors (Lipinski definition) is 0. The minimum Gasteiger partial charge on any atom is -0.497 e. The van der Waals surface area contributed by atoms with Gasteiger partial charge >= 0.3 is 6.03 Å². The summed E-state index contributed by atoms with van der Waals surface area (Å²) in [5.74, 6) is 0.222. The van der Waals surface area contributed by atoms with Gasteiger partial charge in [-0.15, -0.1) is 0 Å². The zero-order valence-corrected chi connectivity index (χ0v) is 19.3. The van der Waals surface area contributed by atoms with Crippen molar-refractivity contribution in [1.29, 1.82) is 0 Å². The average Bonchev–Trinajstić information content (AvgIpc) is 3.21. The van der Waals surface area contributed by atoms with Crippen molar-refractivity contribution in [3.63, 3.8) is 0 Å². The molecule has 1 aliphatic rings. The Hall–Kier alpha value is -4.41. The van der Waals surface area contributed by atoms with E-state index in [0.29, 0.717) is 28.5 Å². The van der Waals surface area contributed by atoms with E-state index in [2.05, 4.69) is 9.97 Å². The minimum absolute atomic E-state index is 0.0638. The first-order valence-corrected chi connectivity index (χ1v) is 10.9. The van der Waals surface area contributed by atoms with Crippen LogP contribution in [0.3, 0.4) is 0 Å². The molecule has 0 radical (unpaired) electrons. The van der Waals surface area contributed by atoms with Crippen molar-refractivity contribution < 1.29 is 31.9 Å². The largest absolute Gasteiger partial charge is 0.497 e. The van der Waals surface area contributed by atoms with Crippen molar-refractivity contribution in [2.75, 3.05) is 30.6 Å². The van der Waals surface area contributed by atoms with Crippen LogP contribution < -0.4 is 24.0 Å². The molecular formula is C25H23F2N5O4. The first kappa shape index (κ1) is 19.8. The Kier molecular flexibility index (Phi) is 5.14. The number of alkyl halides is 2. The number of aryl methyl sites for hydroxylation is 1. The van der Waals surface area contributed by atoms with Crippen molar-refractivity contribution in [2.24, 2.45) is 7.05 Å². The summed E-state index contributed by atoms with van der Waals surface area (Å²) < 4.78 is 64.4. The normalized spacial score (nSPS) is 14.9. The van der Waals surface area contributed by atoms with Crippen molar-refractivity contribution in [2.45, 2.75) is 13.0 Å². The zero-order valence-electron chi connectivity index (χ0n) is 22.3. The highest BCUT2D eigenvalue weighted by atomic mass is 19.3. The van der Waals surface area contributed by atoms with Crippen LogP contribution in [-0.4, -0.2) is 47.7 Å². The summed E-state index contributed by atoms with van der Waals surface area (Å²) in [6, 6.07) is 14.3. The molecule has 2 amide bonds. The molecule has 2 aromatic carbocycles. The maximum atomic E-state index is 13.9. The van der Waals surface area contributed by atoms with Gasteiger partial charge in [0.05, 0.1) is 41.5 Å². The first-order chi connectivity index (χ1) is 18.5. The van der Waals surface area contributed by atoms with Gasteiger partial charge in [0, 0.05) is 24.4 Å². The monoisotopic (exact) mass is 498 g/mol. The van der Waals surface area contributed by atoms with Crippen LogP contribution in [-0.2, 0) is 13.6 Å². The predicted octanol–water partition coefficient (Wildman–Crippen LogP) is 4.91. The standard InChI is InChI=1S/C25H23F2N5O4/c1-30-20-12-17(7-10-19(20)28-24(30)35-3)31-13-15-4-11-22(36-14-21(26)27)29-23(15)32(25(31)33)16-5-8-18(34-2)9-6-16/h4-12,21H,13-14H2,1-3H3/i2D3. The molecule has 0 aliphatic carbocycles. The van der Waals surface area contributed by atoms with Crippen LogP contribution in [0.15, 0.2) is 54.6 Å². The third kappa shape index (κ3) is 4.12. The first-order valence-electron chi connectivity index (χ1n) is 12.4. The third-order valence-corrected chi connectivity index (χ3v) is 5.78. The van der Waals surface area contributed by atoms with Crippen molar-refractivity contribution in [3.8, 4) is 17.6 Å². The number of ether oxygens (including phenoxy) is 3. The Bertz CT molecular complexity index is 1530. The van der Waals surface area contributed by atoms with Crippen LogP contribution in [0.5, 0.6) is 17.6 Å². The van der Waals surface area contributed by atoms with E-state index in [1.54, 1.807) is 29.8 Å². The van der Waals surface area contributed by atoms with E-state index in [1.165, 1.54) is 47.2 Å². The molecule has 186 valence electrons. The van der Waals surface area contributed by atoms with Crippen LogP contribution in [0.2, 0.25) is 0 Å².